The standard InChI is InChI=1S/C27H40N4O3.C2H6/c1-19(32)28-18-25(21-11-15-31(16-12-21)26(33)34-27(2,3)4)30-13-9-20(10-14-30)23-17-29-24-8-6-5-7-22(23)24;1-2/h5-8,17,20-21,25,29H,9-16,18H2,1-4H3,(H,28,32);1-2H3. The zero-order valence-corrected chi connectivity index (χ0v) is 23.1. The van der Waals surface area contributed by atoms with E-state index in [-0.39, 0.29) is 12.0 Å². The Labute approximate surface area is 216 Å². The Balaban J connectivity index is 0.00000176. The van der Waals surface area contributed by atoms with Gasteiger partial charge >= 0.3 is 6.09 Å². The molecule has 1 unspecified atom stereocenters. The lowest BCUT2D eigenvalue weighted by atomic mass is 9.84. The number of aromatic nitrogens is 1. The van der Waals surface area contributed by atoms with E-state index in [0.717, 1.165) is 38.8 Å². The van der Waals surface area contributed by atoms with Crippen LogP contribution in [0.25, 0.3) is 10.9 Å². The van der Waals surface area contributed by atoms with Gasteiger partial charge in [0.25, 0.3) is 0 Å². The maximum absolute atomic E-state index is 12.5. The third kappa shape index (κ3) is 7.25. The summed E-state index contributed by atoms with van der Waals surface area (Å²) in [5.41, 5.74) is 2.16. The van der Waals surface area contributed by atoms with Crippen LogP contribution in [0.2, 0.25) is 0 Å². The second kappa shape index (κ2) is 12.6. The van der Waals surface area contributed by atoms with Crippen molar-refractivity contribution in [1.29, 1.82) is 0 Å². The van der Waals surface area contributed by atoms with E-state index in [1.807, 2.05) is 39.5 Å². The number of para-hydroxylation sites is 1. The molecule has 200 valence electrons. The lowest BCUT2D eigenvalue weighted by Crippen LogP contribution is -2.53. The van der Waals surface area contributed by atoms with Gasteiger partial charge in [0.05, 0.1) is 0 Å². The van der Waals surface area contributed by atoms with Gasteiger partial charge < -0.3 is 19.9 Å². The molecule has 0 spiro atoms. The number of H-pyrrole nitrogens is 1. The number of carbonyl (C=O) groups is 2. The molecular weight excluding hydrogens is 452 g/mol. The molecule has 2 aromatic rings. The lowest BCUT2D eigenvalue weighted by molar-refractivity contribution is -0.119. The van der Waals surface area contributed by atoms with Gasteiger partial charge in [0.15, 0.2) is 0 Å². The van der Waals surface area contributed by atoms with Crippen LogP contribution in [0.5, 0.6) is 0 Å². The van der Waals surface area contributed by atoms with Gasteiger partial charge in [0.2, 0.25) is 5.91 Å². The van der Waals surface area contributed by atoms with Crippen molar-refractivity contribution in [2.45, 2.75) is 84.8 Å². The number of aromatic amines is 1. The van der Waals surface area contributed by atoms with Crippen molar-refractivity contribution in [3.8, 4) is 0 Å². The van der Waals surface area contributed by atoms with E-state index in [2.05, 4.69) is 45.7 Å². The first-order valence-corrected chi connectivity index (χ1v) is 13.7. The van der Waals surface area contributed by atoms with E-state index in [9.17, 15) is 9.59 Å². The van der Waals surface area contributed by atoms with Crippen LogP contribution >= 0.6 is 0 Å². The van der Waals surface area contributed by atoms with Crippen molar-refractivity contribution >= 4 is 22.9 Å². The van der Waals surface area contributed by atoms with Gasteiger partial charge in [-0.1, -0.05) is 32.0 Å². The Hall–Kier alpha value is -2.54. The van der Waals surface area contributed by atoms with E-state index < -0.39 is 5.60 Å². The van der Waals surface area contributed by atoms with E-state index in [1.165, 1.54) is 16.5 Å². The van der Waals surface area contributed by atoms with Gasteiger partial charge in [-0.2, -0.15) is 0 Å². The Kier molecular flexibility index (Phi) is 9.83. The third-order valence-electron chi connectivity index (χ3n) is 7.36. The van der Waals surface area contributed by atoms with Crippen molar-refractivity contribution in [1.82, 2.24) is 20.1 Å². The molecule has 0 radical (unpaired) electrons. The Morgan fingerprint density at radius 2 is 1.69 bits per heavy atom. The molecule has 36 heavy (non-hydrogen) atoms. The fourth-order valence-corrected chi connectivity index (χ4v) is 5.61. The van der Waals surface area contributed by atoms with Gasteiger partial charge in [-0.05, 0) is 83.0 Å². The second-order valence-electron chi connectivity index (χ2n) is 10.9. The minimum Gasteiger partial charge on any atom is -0.444 e. The molecule has 1 atom stereocenters. The number of ether oxygens (including phenoxy) is 1. The Bertz CT molecular complexity index is 980. The molecule has 1 aromatic carbocycles. The number of fused-ring (bicyclic) bond motifs is 1. The van der Waals surface area contributed by atoms with Gasteiger partial charge in [-0.3, -0.25) is 9.69 Å². The zero-order chi connectivity index (χ0) is 26.3. The van der Waals surface area contributed by atoms with E-state index in [1.54, 1.807) is 6.92 Å². The molecule has 7 heteroatoms. The topological polar surface area (TPSA) is 77.7 Å². The summed E-state index contributed by atoms with van der Waals surface area (Å²) >= 11 is 0. The summed E-state index contributed by atoms with van der Waals surface area (Å²) in [6.07, 6.45) is 6.08. The SMILES string of the molecule is CC.CC(=O)NCC(C1CCN(C(=O)OC(C)(C)C)CC1)N1CCC(c2c[nH]c3ccccc23)CC1. The summed E-state index contributed by atoms with van der Waals surface area (Å²) in [5.74, 6) is 1.03. The highest BCUT2D eigenvalue weighted by atomic mass is 16.6. The molecule has 2 saturated heterocycles. The number of nitrogens with one attached hydrogen (secondary N) is 2. The van der Waals surface area contributed by atoms with Crippen LogP contribution in [0.1, 0.15) is 78.7 Å². The molecule has 4 rings (SSSR count). The molecule has 2 aliphatic heterocycles. The summed E-state index contributed by atoms with van der Waals surface area (Å²) < 4.78 is 5.56. The molecule has 0 bridgehead atoms. The molecule has 0 aliphatic carbocycles. The highest BCUT2D eigenvalue weighted by molar-refractivity contribution is 5.83. The van der Waals surface area contributed by atoms with Crippen molar-refractivity contribution in [3.05, 3.63) is 36.0 Å². The first-order valence-electron chi connectivity index (χ1n) is 13.7. The highest BCUT2D eigenvalue weighted by Crippen LogP contribution is 2.35. The number of hydrogen-bond acceptors (Lipinski definition) is 4. The summed E-state index contributed by atoms with van der Waals surface area (Å²) in [6.45, 7) is 15.4. The number of hydrogen-bond donors (Lipinski definition) is 2. The van der Waals surface area contributed by atoms with E-state index in [4.69, 9.17) is 4.74 Å². The van der Waals surface area contributed by atoms with Crippen LogP contribution < -0.4 is 5.32 Å². The average molecular weight is 499 g/mol. The maximum Gasteiger partial charge on any atom is 0.410 e. The fourth-order valence-electron chi connectivity index (χ4n) is 5.61. The average Bonchev–Trinajstić information content (AvgIpc) is 3.29. The van der Waals surface area contributed by atoms with Crippen LogP contribution in [0.3, 0.4) is 0 Å². The van der Waals surface area contributed by atoms with Gasteiger partial charge in [-0.25, -0.2) is 4.79 Å². The summed E-state index contributed by atoms with van der Waals surface area (Å²) in [7, 11) is 0. The summed E-state index contributed by atoms with van der Waals surface area (Å²) in [4.78, 5) is 32.0. The first kappa shape index (κ1) is 28.0. The van der Waals surface area contributed by atoms with Crippen molar-refractivity contribution < 1.29 is 14.3 Å². The number of piperidine rings is 2. The Morgan fingerprint density at radius 3 is 2.31 bits per heavy atom. The second-order valence-corrected chi connectivity index (χ2v) is 10.9. The number of amides is 2. The summed E-state index contributed by atoms with van der Waals surface area (Å²) in [6, 6.07) is 8.84. The number of likely N-dealkylation sites (tertiary alicyclic amines) is 2. The molecule has 1 aromatic heterocycles. The van der Waals surface area contributed by atoms with Gasteiger partial charge in [0.1, 0.15) is 5.60 Å². The minimum absolute atomic E-state index is 0.0184. The van der Waals surface area contributed by atoms with E-state index >= 15 is 0 Å². The first-order chi connectivity index (χ1) is 17.2. The normalized spacial score (nSPS) is 18.9. The van der Waals surface area contributed by atoms with Crippen LogP contribution in [-0.2, 0) is 9.53 Å². The minimum atomic E-state index is -0.475. The molecule has 3 heterocycles. The molecular formula is C29H46N4O3. The fraction of sp³-hybridized carbons (Fsp3) is 0.655. The maximum atomic E-state index is 12.5. The smallest absolute Gasteiger partial charge is 0.410 e. The lowest BCUT2D eigenvalue weighted by Gasteiger charge is -2.44. The Morgan fingerprint density at radius 1 is 1.06 bits per heavy atom. The molecule has 2 aliphatic rings. The molecule has 7 nitrogen and oxygen atoms in total. The van der Waals surface area contributed by atoms with Crippen molar-refractivity contribution in [3.63, 3.8) is 0 Å². The van der Waals surface area contributed by atoms with Gasteiger partial charge in [-0.15, -0.1) is 0 Å². The van der Waals surface area contributed by atoms with Crippen LogP contribution in [-0.4, -0.2) is 71.2 Å². The monoisotopic (exact) mass is 498 g/mol. The number of rotatable bonds is 5. The van der Waals surface area contributed by atoms with Gasteiger partial charge in [0, 0.05) is 49.7 Å². The zero-order valence-electron chi connectivity index (χ0n) is 23.1. The number of benzene rings is 1. The highest BCUT2D eigenvalue weighted by Gasteiger charge is 2.35. The predicted octanol–water partition coefficient (Wildman–Crippen LogP) is 5.53. The molecule has 2 N–H and O–H groups in total. The number of nitrogens with zero attached hydrogens (tertiary/aromatic N) is 2. The van der Waals surface area contributed by atoms with Crippen molar-refractivity contribution in [2.24, 2.45) is 5.92 Å². The summed E-state index contributed by atoms with van der Waals surface area (Å²) in [5, 5.41) is 4.42. The molecule has 0 saturated carbocycles. The molecule has 2 amide bonds. The van der Waals surface area contributed by atoms with Crippen molar-refractivity contribution in [2.75, 3.05) is 32.7 Å². The third-order valence-corrected chi connectivity index (χ3v) is 7.36. The quantitative estimate of drug-likeness (QED) is 0.569. The molecule has 2 fully saturated rings. The van der Waals surface area contributed by atoms with Crippen LogP contribution in [0.15, 0.2) is 30.5 Å². The number of carbonyl (C=O) groups excluding carboxylic acids is 2. The van der Waals surface area contributed by atoms with Crippen LogP contribution in [0.4, 0.5) is 4.79 Å². The van der Waals surface area contributed by atoms with Crippen LogP contribution in [0, 0.1) is 5.92 Å². The van der Waals surface area contributed by atoms with E-state index in [0.29, 0.717) is 37.5 Å². The predicted molar refractivity (Wildman–Crippen MR) is 146 cm³/mol. The largest absolute Gasteiger partial charge is 0.444 e.